The predicted octanol–water partition coefficient (Wildman–Crippen LogP) is 1.82. The highest BCUT2D eigenvalue weighted by Gasteiger charge is 2.11. The van der Waals surface area contributed by atoms with Crippen molar-refractivity contribution in [2.24, 2.45) is 7.05 Å². The number of nitrogens with one attached hydrogen (secondary N) is 1. The Morgan fingerprint density at radius 1 is 1.25 bits per heavy atom. The van der Waals surface area contributed by atoms with E-state index in [0.717, 1.165) is 16.8 Å². The first-order valence-corrected chi connectivity index (χ1v) is 7.38. The molecule has 1 N–H and O–H groups in total. The Balaban J connectivity index is 1.73. The molecule has 0 radical (unpaired) electrons. The van der Waals surface area contributed by atoms with Crippen LogP contribution in [0.4, 0.5) is 0 Å². The minimum atomic E-state index is -0.203. The fraction of sp³-hybridized carbons (Fsp3) is 0.176. The Labute approximate surface area is 139 Å². The van der Waals surface area contributed by atoms with E-state index in [9.17, 15) is 4.79 Å². The number of hydrogen-bond acceptors (Lipinski definition) is 5. The first-order chi connectivity index (χ1) is 11.7. The number of pyridine rings is 2. The Hall–Kier alpha value is -3.22. The third-order valence-corrected chi connectivity index (χ3v) is 3.52. The van der Waals surface area contributed by atoms with E-state index in [1.165, 1.54) is 13.3 Å². The molecular formula is C17H17N5O2. The van der Waals surface area contributed by atoms with E-state index in [1.54, 1.807) is 29.2 Å². The van der Waals surface area contributed by atoms with Crippen LogP contribution in [0.3, 0.4) is 0 Å². The molecule has 3 aromatic heterocycles. The van der Waals surface area contributed by atoms with Crippen LogP contribution in [-0.2, 0) is 13.6 Å². The quantitative estimate of drug-likeness (QED) is 0.774. The van der Waals surface area contributed by atoms with Crippen molar-refractivity contribution in [3.8, 4) is 17.1 Å². The van der Waals surface area contributed by atoms with Crippen molar-refractivity contribution in [1.29, 1.82) is 0 Å². The lowest BCUT2D eigenvalue weighted by Gasteiger charge is -2.09. The summed E-state index contributed by atoms with van der Waals surface area (Å²) < 4.78 is 6.70. The van der Waals surface area contributed by atoms with Gasteiger partial charge in [-0.2, -0.15) is 5.10 Å². The number of methoxy groups -OCH3 is 1. The summed E-state index contributed by atoms with van der Waals surface area (Å²) in [5.41, 5.74) is 3.11. The standard InChI is InChI=1S/C17H17N5O2/c1-22-11-14(10-21-22)16-12(4-3-7-18-16)8-20-17(23)13-5-6-15(24-2)19-9-13/h3-7,9-11H,8H2,1-2H3,(H,20,23). The van der Waals surface area contributed by atoms with E-state index in [4.69, 9.17) is 4.74 Å². The van der Waals surface area contributed by atoms with Crippen LogP contribution in [0.5, 0.6) is 5.88 Å². The highest BCUT2D eigenvalue weighted by atomic mass is 16.5. The Bertz CT molecular complexity index is 842. The smallest absolute Gasteiger partial charge is 0.253 e. The largest absolute Gasteiger partial charge is 0.481 e. The highest BCUT2D eigenvalue weighted by Crippen LogP contribution is 2.20. The molecule has 3 aromatic rings. The molecule has 0 unspecified atom stereocenters. The van der Waals surface area contributed by atoms with Gasteiger partial charge in [-0.3, -0.25) is 14.5 Å². The Kier molecular flexibility index (Phi) is 4.51. The summed E-state index contributed by atoms with van der Waals surface area (Å²) in [7, 11) is 3.38. The highest BCUT2D eigenvalue weighted by molar-refractivity contribution is 5.93. The van der Waals surface area contributed by atoms with Crippen molar-refractivity contribution in [3.63, 3.8) is 0 Å². The lowest BCUT2D eigenvalue weighted by atomic mass is 10.1. The van der Waals surface area contributed by atoms with Gasteiger partial charge in [0.15, 0.2) is 0 Å². The summed E-state index contributed by atoms with van der Waals surface area (Å²) in [6, 6.07) is 7.10. The summed E-state index contributed by atoms with van der Waals surface area (Å²) in [4.78, 5) is 20.7. The van der Waals surface area contributed by atoms with Crippen LogP contribution in [0.1, 0.15) is 15.9 Å². The number of hydrogen-bond donors (Lipinski definition) is 1. The lowest BCUT2D eigenvalue weighted by molar-refractivity contribution is 0.0950. The molecule has 0 aliphatic carbocycles. The second kappa shape index (κ2) is 6.91. The third kappa shape index (κ3) is 3.40. The molecule has 3 heterocycles. The van der Waals surface area contributed by atoms with Crippen LogP contribution in [0.25, 0.3) is 11.3 Å². The minimum absolute atomic E-state index is 0.203. The molecule has 0 aromatic carbocycles. The second-order valence-corrected chi connectivity index (χ2v) is 5.19. The monoisotopic (exact) mass is 323 g/mol. The number of amides is 1. The van der Waals surface area contributed by atoms with Crippen molar-refractivity contribution in [1.82, 2.24) is 25.1 Å². The number of aromatic nitrogens is 4. The van der Waals surface area contributed by atoms with Crippen molar-refractivity contribution >= 4 is 5.91 Å². The lowest BCUT2D eigenvalue weighted by Crippen LogP contribution is -2.23. The van der Waals surface area contributed by atoms with E-state index in [1.807, 2.05) is 25.4 Å². The van der Waals surface area contributed by atoms with Gasteiger partial charge in [-0.25, -0.2) is 4.98 Å². The first-order valence-electron chi connectivity index (χ1n) is 7.38. The molecular weight excluding hydrogens is 306 g/mol. The Morgan fingerprint density at radius 2 is 2.12 bits per heavy atom. The van der Waals surface area contributed by atoms with Gasteiger partial charge >= 0.3 is 0 Å². The molecule has 0 aliphatic rings. The maximum Gasteiger partial charge on any atom is 0.253 e. The Morgan fingerprint density at radius 3 is 2.79 bits per heavy atom. The molecule has 0 spiro atoms. The molecule has 7 nitrogen and oxygen atoms in total. The molecule has 122 valence electrons. The summed E-state index contributed by atoms with van der Waals surface area (Å²) in [6.45, 7) is 0.364. The molecule has 0 fully saturated rings. The molecule has 1 amide bonds. The zero-order chi connectivity index (χ0) is 16.9. The van der Waals surface area contributed by atoms with E-state index in [2.05, 4.69) is 20.4 Å². The summed E-state index contributed by atoms with van der Waals surface area (Å²) in [5.74, 6) is 0.267. The van der Waals surface area contributed by atoms with Gasteiger partial charge in [0.25, 0.3) is 5.91 Å². The van der Waals surface area contributed by atoms with Crippen LogP contribution < -0.4 is 10.1 Å². The van der Waals surface area contributed by atoms with Crippen LogP contribution in [0, 0.1) is 0 Å². The number of ether oxygens (including phenoxy) is 1. The van der Waals surface area contributed by atoms with Crippen molar-refractivity contribution in [3.05, 3.63) is 60.2 Å². The second-order valence-electron chi connectivity index (χ2n) is 5.19. The molecule has 0 atom stereocenters. The average Bonchev–Trinajstić information content (AvgIpc) is 3.06. The van der Waals surface area contributed by atoms with Gasteiger partial charge in [0.1, 0.15) is 0 Å². The third-order valence-electron chi connectivity index (χ3n) is 3.52. The topological polar surface area (TPSA) is 81.9 Å². The van der Waals surface area contributed by atoms with Crippen molar-refractivity contribution in [2.75, 3.05) is 7.11 Å². The number of nitrogens with zero attached hydrogens (tertiary/aromatic N) is 4. The molecule has 7 heteroatoms. The van der Waals surface area contributed by atoms with Gasteiger partial charge < -0.3 is 10.1 Å². The normalized spacial score (nSPS) is 10.4. The van der Waals surface area contributed by atoms with Crippen LogP contribution in [0.15, 0.2) is 49.1 Å². The number of aryl methyl sites for hydroxylation is 1. The predicted molar refractivity (Wildman–Crippen MR) is 88.4 cm³/mol. The van der Waals surface area contributed by atoms with Crippen LogP contribution >= 0.6 is 0 Å². The van der Waals surface area contributed by atoms with Crippen molar-refractivity contribution < 1.29 is 9.53 Å². The SMILES string of the molecule is COc1ccc(C(=O)NCc2cccnc2-c2cnn(C)c2)cn1. The van der Waals surface area contributed by atoms with E-state index >= 15 is 0 Å². The summed E-state index contributed by atoms with van der Waals surface area (Å²) in [6.07, 6.45) is 6.85. The summed E-state index contributed by atoms with van der Waals surface area (Å²) in [5, 5.41) is 7.05. The van der Waals surface area contributed by atoms with E-state index in [0.29, 0.717) is 18.0 Å². The zero-order valence-corrected chi connectivity index (χ0v) is 13.4. The van der Waals surface area contributed by atoms with Gasteiger partial charge in [-0.15, -0.1) is 0 Å². The molecule has 0 saturated heterocycles. The van der Waals surface area contributed by atoms with E-state index < -0.39 is 0 Å². The number of rotatable bonds is 5. The van der Waals surface area contributed by atoms with E-state index in [-0.39, 0.29) is 5.91 Å². The van der Waals surface area contributed by atoms with Crippen molar-refractivity contribution in [2.45, 2.75) is 6.54 Å². The maximum absolute atomic E-state index is 12.2. The van der Waals surface area contributed by atoms with Crippen LogP contribution in [-0.4, -0.2) is 32.8 Å². The maximum atomic E-state index is 12.2. The number of carbonyl (C=O) groups is 1. The molecule has 0 aliphatic heterocycles. The minimum Gasteiger partial charge on any atom is -0.481 e. The average molecular weight is 323 g/mol. The number of carbonyl (C=O) groups excluding carboxylic acids is 1. The molecule has 0 bridgehead atoms. The van der Waals surface area contributed by atoms with Gasteiger partial charge in [0, 0.05) is 43.8 Å². The van der Waals surface area contributed by atoms with Gasteiger partial charge in [0.2, 0.25) is 5.88 Å². The fourth-order valence-electron chi connectivity index (χ4n) is 2.30. The zero-order valence-electron chi connectivity index (χ0n) is 13.4. The fourth-order valence-corrected chi connectivity index (χ4v) is 2.30. The molecule has 3 rings (SSSR count). The molecule has 24 heavy (non-hydrogen) atoms. The first kappa shape index (κ1) is 15.7. The van der Waals surface area contributed by atoms with Gasteiger partial charge in [-0.1, -0.05) is 6.07 Å². The van der Waals surface area contributed by atoms with Gasteiger partial charge in [-0.05, 0) is 17.7 Å². The van der Waals surface area contributed by atoms with Gasteiger partial charge in [0.05, 0.1) is 24.6 Å². The van der Waals surface area contributed by atoms with Crippen LogP contribution in [0.2, 0.25) is 0 Å². The molecule has 0 saturated carbocycles. The summed E-state index contributed by atoms with van der Waals surface area (Å²) >= 11 is 0.